The first-order chi connectivity index (χ1) is 10.2. The Labute approximate surface area is 130 Å². The van der Waals surface area contributed by atoms with Crippen LogP contribution in [0.25, 0.3) is 0 Å². The molecule has 0 aromatic heterocycles. The van der Waals surface area contributed by atoms with E-state index in [4.69, 9.17) is 16.3 Å². The van der Waals surface area contributed by atoms with Crippen molar-refractivity contribution in [1.82, 2.24) is 5.32 Å². The van der Waals surface area contributed by atoms with E-state index >= 15 is 0 Å². The van der Waals surface area contributed by atoms with Crippen LogP contribution in [0.1, 0.15) is 23.6 Å². The molecule has 0 spiro atoms. The van der Waals surface area contributed by atoms with Crippen LogP contribution in [0.3, 0.4) is 0 Å². The lowest BCUT2D eigenvalue weighted by molar-refractivity contribution is 0.193. The molecule has 0 aliphatic rings. The van der Waals surface area contributed by atoms with Crippen LogP contribution in [-0.4, -0.2) is 25.4 Å². The number of phenols is 1. The lowest BCUT2D eigenvalue weighted by atomic mass is 9.98. The molecule has 0 saturated heterocycles. The zero-order valence-electron chi connectivity index (χ0n) is 12.1. The fraction of sp³-hybridized carbons (Fsp3) is 0.294. The summed E-state index contributed by atoms with van der Waals surface area (Å²) < 4.78 is 5.08. The number of hydrogen-bond acceptors (Lipinski definition) is 3. The molecule has 0 radical (unpaired) electrons. The Morgan fingerprint density at radius 3 is 2.19 bits per heavy atom. The lowest BCUT2D eigenvalue weighted by Gasteiger charge is -2.20. The van der Waals surface area contributed by atoms with Gasteiger partial charge in [0.1, 0.15) is 5.75 Å². The minimum Gasteiger partial charge on any atom is -0.508 e. The van der Waals surface area contributed by atoms with Gasteiger partial charge < -0.3 is 15.2 Å². The molecule has 21 heavy (non-hydrogen) atoms. The van der Waals surface area contributed by atoms with E-state index in [1.807, 2.05) is 36.4 Å². The normalized spacial score (nSPS) is 12.3. The van der Waals surface area contributed by atoms with E-state index in [0.717, 1.165) is 35.7 Å². The summed E-state index contributed by atoms with van der Waals surface area (Å²) in [4.78, 5) is 0. The van der Waals surface area contributed by atoms with Crippen LogP contribution in [0.2, 0.25) is 5.02 Å². The van der Waals surface area contributed by atoms with Crippen molar-refractivity contribution in [2.45, 2.75) is 12.5 Å². The second kappa shape index (κ2) is 8.03. The van der Waals surface area contributed by atoms with Crippen molar-refractivity contribution < 1.29 is 9.84 Å². The Bertz CT molecular complexity index is 494. The highest BCUT2D eigenvalue weighted by atomic mass is 35.5. The number of ether oxygens (including phenoxy) is 1. The second-order valence-corrected chi connectivity index (χ2v) is 5.31. The fourth-order valence-corrected chi connectivity index (χ4v) is 2.34. The molecule has 112 valence electrons. The average Bonchev–Trinajstić information content (AvgIpc) is 2.50. The van der Waals surface area contributed by atoms with E-state index in [1.165, 1.54) is 0 Å². The summed E-state index contributed by atoms with van der Waals surface area (Å²) in [7, 11) is 1.71. The monoisotopic (exact) mass is 305 g/mol. The SMILES string of the molecule is COCCCNC(c1ccc(O)cc1)c1ccc(Cl)cc1. The molecule has 0 saturated carbocycles. The Balaban J connectivity index is 2.17. The molecule has 0 aliphatic carbocycles. The number of nitrogens with one attached hydrogen (secondary N) is 1. The molecule has 0 amide bonds. The third-order valence-electron chi connectivity index (χ3n) is 3.30. The van der Waals surface area contributed by atoms with Crippen LogP contribution < -0.4 is 5.32 Å². The van der Waals surface area contributed by atoms with Crippen molar-refractivity contribution in [3.63, 3.8) is 0 Å². The minimum atomic E-state index is 0.0692. The minimum absolute atomic E-state index is 0.0692. The van der Waals surface area contributed by atoms with Gasteiger partial charge in [0.05, 0.1) is 6.04 Å². The van der Waals surface area contributed by atoms with E-state index < -0.39 is 0 Å². The summed E-state index contributed by atoms with van der Waals surface area (Å²) in [5.41, 5.74) is 2.25. The summed E-state index contributed by atoms with van der Waals surface area (Å²) in [6.45, 7) is 1.58. The van der Waals surface area contributed by atoms with Gasteiger partial charge in [0.2, 0.25) is 0 Å². The molecule has 0 heterocycles. The first kappa shape index (κ1) is 15.8. The van der Waals surface area contributed by atoms with E-state index in [0.29, 0.717) is 0 Å². The van der Waals surface area contributed by atoms with Gasteiger partial charge in [-0.2, -0.15) is 0 Å². The number of methoxy groups -OCH3 is 1. The van der Waals surface area contributed by atoms with Gasteiger partial charge in [-0.15, -0.1) is 0 Å². The van der Waals surface area contributed by atoms with Crippen LogP contribution >= 0.6 is 11.6 Å². The molecular weight excluding hydrogens is 286 g/mol. The summed E-state index contributed by atoms with van der Waals surface area (Å²) in [6, 6.07) is 15.1. The van der Waals surface area contributed by atoms with Gasteiger partial charge in [0.15, 0.2) is 0 Å². The van der Waals surface area contributed by atoms with Gasteiger partial charge in [0.25, 0.3) is 0 Å². The second-order valence-electron chi connectivity index (χ2n) is 4.88. The summed E-state index contributed by atoms with van der Waals surface area (Å²) in [5.74, 6) is 0.271. The number of hydrogen-bond donors (Lipinski definition) is 2. The zero-order chi connectivity index (χ0) is 15.1. The molecule has 2 aromatic rings. The first-order valence-corrected chi connectivity index (χ1v) is 7.35. The Kier molecular flexibility index (Phi) is 6.05. The molecule has 0 aliphatic heterocycles. The molecule has 2 N–H and O–H groups in total. The average molecular weight is 306 g/mol. The van der Waals surface area contributed by atoms with Gasteiger partial charge in [0, 0.05) is 18.7 Å². The van der Waals surface area contributed by atoms with Crippen LogP contribution in [0, 0.1) is 0 Å². The van der Waals surface area contributed by atoms with Crippen molar-refractivity contribution in [3.05, 3.63) is 64.7 Å². The van der Waals surface area contributed by atoms with Crippen molar-refractivity contribution >= 4 is 11.6 Å². The predicted molar refractivity (Wildman–Crippen MR) is 85.9 cm³/mol. The van der Waals surface area contributed by atoms with Gasteiger partial charge in [-0.25, -0.2) is 0 Å². The standard InChI is InChI=1S/C17H20ClNO2/c1-21-12-2-11-19-17(13-3-7-15(18)8-4-13)14-5-9-16(20)10-6-14/h3-10,17,19-20H,2,11-12H2,1H3. The van der Waals surface area contributed by atoms with Gasteiger partial charge in [-0.05, 0) is 48.4 Å². The Morgan fingerprint density at radius 1 is 1.05 bits per heavy atom. The zero-order valence-corrected chi connectivity index (χ0v) is 12.8. The number of aromatic hydroxyl groups is 1. The molecular formula is C17H20ClNO2. The molecule has 3 nitrogen and oxygen atoms in total. The molecule has 2 rings (SSSR count). The topological polar surface area (TPSA) is 41.5 Å². The first-order valence-electron chi connectivity index (χ1n) is 6.97. The smallest absolute Gasteiger partial charge is 0.115 e. The summed E-state index contributed by atoms with van der Waals surface area (Å²) >= 11 is 5.96. The van der Waals surface area contributed by atoms with Crippen molar-refractivity contribution in [2.75, 3.05) is 20.3 Å². The van der Waals surface area contributed by atoms with Gasteiger partial charge >= 0.3 is 0 Å². The van der Waals surface area contributed by atoms with Crippen molar-refractivity contribution in [2.24, 2.45) is 0 Å². The third-order valence-corrected chi connectivity index (χ3v) is 3.56. The van der Waals surface area contributed by atoms with Gasteiger partial charge in [-0.3, -0.25) is 0 Å². The Hall–Kier alpha value is -1.55. The number of benzene rings is 2. The maximum absolute atomic E-state index is 9.44. The van der Waals surface area contributed by atoms with E-state index in [2.05, 4.69) is 5.32 Å². The molecule has 4 heteroatoms. The highest BCUT2D eigenvalue weighted by molar-refractivity contribution is 6.30. The Morgan fingerprint density at radius 2 is 1.62 bits per heavy atom. The molecule has 0 fully saturated rings. The molecule has 0 bridgehead atoms. The number of phenolic OH excluding ortho intramolecular Hbond substituents is 1. The van der Waals surface area contributed by atoms with Gasteiger partial charge in [-0.1, -0.05) is 35.9 Å². The predicted octanol–water partition coefficient (Wildman–Crippen LogP) is 3.76. The maximum atomic E-state index is 9.44. The van der Waals surface area contributed by atoms with Crippen LogP contribution in [-0.2, 0) is 4.74 Å². The maximum Gasteiger partial charge on any atom is 0.115 e. The molecule has 2 aromatic carbocycles. The molecule has 1 atom stereocenters. The summed E-state index contributed by atoms with van der Waals surface area (Å²) in [6.07, 6.45) is 0.943. The number of halogens is 1. The highest BCUT2D eigenvalue weighted by Gasteiger charge is 2.13. The van der Waals surface area contributed by atoms with Crippen LogP contribution in [0.15, 0.2) is 48.5 Å². The third kappa shape index (κ3) is 4.74. The summed E-state index contributed by atoms with van der Waals surface area (Å²) in [5, 5.41) is 13.7. The lowest BCUT2D eigenvalue weighted by Crippen LogP contribution is -2.24. The van der Waals surface area contributed by atoms with E-state index in [9.17, 15) is 5.11 Å². The fourth-order valence-electron chi connectivity index (χ4n) is 2.21. The van der Waals surface area contributed by atoms with E-state index in [-0.39, 0.29) is 11.8 Å². The van der Waals surface area contributed by atoms with Crippen LogP contribution in [0.4, 0.5) is 0 Å². The van der Waals surface area contributed by atoms with Crippen LogP contribution in [0.5, 0.6) is 5.75 Å². The quantitative estimate of drug-likeness (QED) is 0.765. The van der Waals surface area contributed by atoms with Crippen molar-refractivity contribution in [1.29, 1.82) is 0 Å². The molecule has 1 unspecified atom stereocenters. The highest BCUT2D eigenvalue weighted by Crippen LogP contribution is 2.25. The largest absolute Gasteiger partial charge is 0.508 e. The van der Waals surface area contributed by atoms with Crippen molar-refractivity contribution in [3.8, 4) is 5.75 Å². The number of rotatable bonds is 7. The van der Waals surface area contributed by atoms with E-state index in [1.54, 1.807) is 19.2 Å².